The van der Waals surface area contributed by atoms with Crippen LogP contribution in [0.4, 0.5) is 5.69 Å². The molecule has 2 aliphatic heterocycles. The molecule has 0 radical (unpaired) electrons. The molecule has 0 unspecified atom stereocenters. The van der Waals surface area contributed by atoms with E-state index < -0.39 is 11.3 Å². The van der Waals surface area contributed by atoms with Crippen LogP contribution in [0, 0.1) is 0 Å². The van der Waals surface area contributed by atoms with Crippen LogP contribution in [-0.4, -0.2) is 57.0 Å². The number of nitrogens with two attached hydrogens (primary N) is 1. The van der Waals surface area contributed by atoms with Gasteiger partial charge >= 0.3 is 0 Å². The monoisotopic (exact) mass is 368 g/mol. The lowest BCUT2D eigenvalue weighted by atomic mass is 9.81. The molecule has 9 heteroatoms. The van der Waals surface area contributed by atoms with Crippen molar-refractivity contribution in [3.8, 4) is 0 Å². The van der Waals surface area contributed by atoms with Crippen molar-refractivity contribution >= 4 is 23.4 Å². The zero-order valence-electron chi connectivity index (χ0n) is 14.7. The summed E-state index contributed by atoms with van der Waals surface area (Å²) in [5.74, 6) is -0.746. The number of hydrogen-bond donors (Lipinski definition) is 1. The number of amides is 3. The molecule has 1 atom stereocenters. The number of rotatable bonds is 5. The first kappa shape index (κ1) is 17.2. The molecule has 3 heterocycles. The lowest BCUT2D eigenvalue weighted by Crippen LogP contribution is -2.45. The Bertz CT molecular complexity index is 896. The van der Waals surface area contributed by atoms with Gasteiger partial charge in [-0.3, -0.25) is 19.1 Å². The molecule has 1 saturated heterocycles. The molecule has 0 saturated carbocycles. The minimum Gasteiger partial charge on any atom is -0.368 e. The summed E-state index contributed by atoms with van der Waals surface area (Å²) in [6.45, 7) is 1.10. The second kappa shape index (κ2) is 6.49. The highest BCUT2D eigenvalue weighted by molar-refractivity contribution is 6.11. The topological polar surface area (TPSA) is 114 Å². The van der Waals surface area contributed by atoms with Gasteiger partial charge in [-0.05, 0) is 18.1 Å². The Morgan fingerprint density at radius 3 is 2.81 bits per heavy atom. The third-order valence-corrected chi connectivity index (χ3v) is 5.32. The van der Waals surface area contributed by atoms with Gasteiger partial charge in [0.15, 0.2) is 0 Å². The molecule has 4 rings (SSSR count). The number of para-hydroxylation sites is 1. The summed E-state index contributed by atoms with van der Waals surface area (Å²) in [5.41, 5.74) is 6.10. The standard InChI is InChI=1S/C18H20N6O3/c19-15(25)9-24-14-4-2-1-3-13(14)18(17(24)27)6-8-22(10-18)16(26)5-7-23-12-20-11-21-23/h1-4,11-12H,5-10H2,(H2,19,25)/t18-/m1/s1. The molecule has 2 aromatic rings. The highest BCUT2D eigenvalue weighted by Crippen LogP contribution is 2.47. The quantitative estimate of drug-likeness (QED) is 0.776. The Hall–Kier alpha value is -3.23. The number of benzene rings is 1. The van der Waals surface area contributed by atoms with Crippen molar-refractivity contribution in [2.24, 2.45) is 5.73 Å². The minimum absolute atomic E-state index is 0.0268. The fourth-order valence-corrected chi connectivity index (χ4v) is 4.04. The Labute approximate surface area is 155 Å². The minimum atomic E-state index is -0.797. The molecule has 2 N–H and O–H groups in total. The maximum Gasteiger partial charge on any atom is 0.240 e. The average Bonchev–Trinajstić information content (AvgIpc) is 3.37. The second-order valence-electron chi connectivity index (χ2n) is 6.93. The second-order valence-corrected chi connectivity index (χ2v) is 6.93. The van der Waals surface area contributed by atoms with Gasteiger partial charge in [-0.25, -0.2) is 4.98 Å². The molecular weight excluding hydrogens is 348 g/mol. The number of hydrogen-bond acceptors (Lipinski definition) is 5. The molecule has 9 nitrogen and oxygen atoms in total. The molecule has 27 heavy (non-hydrogen) atoms. The predicted molar refractivity (Wildman–Crippen MR) is 95.5 cm³/mol. The van der Waals surface area contributed by atoms with Gasteiger partial charge < -0.3 is 15.5 Å². The summed E-state index contributed by atoms with van der Waals surface area (Å²) in [6.07, 6.45) is 3.82. The van der Waals surface area contributed by atoms with Crippen LogP contribution < -0.4 is 10.6 Å². The predicted octanol–water partition coefficient (Wildman–Crippen LogP) is -0.330. The van der Waals surface area contributed by atoms with Gasteiger partial charge in [0.2, 0.25) is 17.7 Å². The van der Waals surface area contributed by atoms with Crippen LogP contribution >= 0.6 is 0 Å². The molecule has 0 aliphatic carbocycles. The number of likely N-dealkylation sites (tertiary alicyclic amines) is 1. The third-order valence-electron chi connectivity index (χ3n) is 5.32. The number of aryl methyl sites for hydroxylation is 1. The zero-order valence-corrected chi connectivity index (χ0v) is 14.7. The lowest BCUT2D eigenvalue weighted by molar-refractivity contribution is -0.131. The van der Waals surface area contributed by atoms with Crippen LogP contribution in [0.2, 0.25) is 0 Å². The summed E-state index contributed by atoms with van der Waals surface area (Å²) < 4.78 is 1.61. The Morgan fingerprint density at radius 1 is 1.26 bits per heavy atom. The van der Waals surface area contributed by atoms with Gasteiger partial charge in [-0.2, -0.15) is 5.10 Å². The van der Waals surface area contributed by atoms with E-state index in [0.717, 1.165) is 5.56 Å². The Kier molecular flexibility index (Phi) is 4.14. The van der Waals surface area contributed by atoms with Crippen LogP contribution in [0.1, 0.15) is 18.4 Å². The molecule has 1 aromatic heterocycles. The number of carbonyl (C=O) groups is 3. The number of anilines is 1. The molecular formula is C18H20N6O3. The largest absolute Gasteiger partial charge is 0.368 e. The SMILES string of the molecule is NC(=O)CN1C(=O)[C@@]2(CCN(C(=O)CCn3cncn3)C2)c2ccccc21. The van der Waals surface area contributed by atoms with Crippen molar-refractivity contribution in [3.05, 3.63) is 42.5 Å². The van der Waals surface area contributed by atoms with Crippen molar-refractivity contribution in [2.45, 2.75) is 24.8 Å². The fourth-order valence-electron chi connectivity index (χ4n) is 4.04. The lowest BCUT2D eigenvalue weighted by Gasteiger charge is -2.24. The summed E-state index contributed by atoms with van der Waals surface area (Å²) in [7, 11) is 0. The summed E-state index contributed by atoms with van der Waals surface area (Å²) in [5, 5.41) is 4.00. The van der Waals surface area contributed by atoms with Crippen molar-refractivity contribution in [1.29, 1.82) is 0 Å². The van der Waals surface area contributed by atoms with Gasteiger partial charge in [0, 0.05) is 25.2 Å². The summed E-state index contributed by atoms with van der Waals surface area (Å²) >= 11 is 0. The van der Waals surface area contributed by atoms with E-state index in [4.69, 9.17) is 5.73 Å². The molecule has 3 amide bonds. The molecule has 1 fully saturated rings. The highest BCUT2D eigenvalue weighted by atomic mass is 16.2. The zero-order chi connectivity index (χ0) is 19.0. The maximum absolute atomic E-state index is 13.2. The van der Waals surface area contributed by atoms with E-state index in [1.165, 1.54) is 11.2 Å². The summed E-state index contributed by atoms with van der Waals surface area (Å²) in [4.78, 5) is 44.3. The van der Waals surface area contributed by atoms with E-state index in [0.29, 0.717) is 38.2 Å². The van der Waals surface area contributed by atoms with Gasteiger partial charge in [0.1, 0.15) is 19.2 Å². The molecule has 2 aliphatic rings. The number of primary amides is 1. The van der Waals surface area contributed by atoms with Gasteiger partial charge in [-0.15, -0.1) is 0 Å². The maximum atomic E-state index is 13.2. The van der Waals surface area contributed by atoms with E-state index in [1.54, 1.807) is 15.9 Å². The van der Waals surface area contributed by atoms with Gasteiger partial charge in [0.25, 0.3) is 0 Å². The normalized spacial score (nSPS) is 21.1. The number of aromatic nitrogens is 3. The van der Waals surface area contributed by atoms with Crippen LogP contribution in [0.25, 0.3) is 0 Å². The van der Waals surface area contributed by atoms with Crippen molar-refractivity contribution in [1.82, 2.24) is 19.7 Å². The fraction of sp³-hybridized carbons (Fsp3) is 0.389. The first-order valence-corrected chi connectivity index (χ1v) is 8.81. The molecule has 1 spiro atoms. The van der Waals surface area contributed by atoms with Gasteiger partial charge in [-0.1, -0.05) is 18.2 Å². The van der Waals surface area contributed by atoms with Crippen molar-refractivity contribution in [3.63, 3.8) is 0 Å². The van der Waals surface area contributed by atoms with Gasteiger partial charge in [0.05, 0.1) is 12.0 Å². The summed E-state index contributed by atoms with van der Waals surface area (Å²) in [6, 6.07) is 7.42. The number of carbonyl (C=O) groups excluding carboxylic acids is 3. The molecule has 0 bridgehead atoms. The molecule has 140 valence electrons. The Balaban J connectivity index is 1.54. The van der Waals surface area contributed by atoms with E-state index in [2.05, 4.69) is 10.1 Å². The smallest absolute Gasteiger partial charge is 0.240 e. The number of nitrogens with zero attached hydrogens (tertiary/aromatic N) is 5. The van der Waals surface area contributed by atoms with Crippen molar-refractivity contribution in [2.75, 3.05) is 24.5 Å². The third kappa shape index (κ3) is 2.84. The van der Waals surface area contributed by atoms with E-state index in [1.807, 2.05) is 24.3 Å². The average molecular weight is 368 g/mol. The van der Waals surface area contributed by atoms with E-state index in [-0.39, 0.29) is 18.4 Å². The van der Waals surface area contributed by atoms with E-state index in [9.17, 15) is 14.4 Å². The first-order valence-electron chi connectivity index (χ1n) is 8.81. The van der Waals surface area contributed by atoms with Crippen molar-refractivity contribution < 1.29 is 14.4 Å². The van der Waals surface area contributed by atoms with Crippen LogP contribution in [0.3, 0.4) is 0 Å². The van der Waals surface area contributed by atoms with Crippen LogP contribution in [0.5, 0.6) is 0 Å². The highest BCUT2D eigenvalue weighted by Gasteiger charge is 2.55. The van der Waals surface area contributed by atoms with Crippen LogP contribution in [-0.2, 0) is 26.3 Å². The molecule has 1 aromatic carbocycles. The number of fused-ring (bicyclic) bond motifs is 2. The Morgan fingerprint density at radius 2 is 2.07 bits per heavy atom. The first-order chi connectivity index (χ1) is 13.0. The van der Waals surface area contributed by atoms with E-state index >= 15 is 0 Å². The van der Waals surface area contributed by atoms with Crippen LogP contribution in [0.15, 0.2) is 36.9 Å².